The molecule has 1 unspecified atom stereocenters. The van der Waals surface area contributed by atoms with Crippen LogP contribution in [0.4, 0.5) is 4.39 Å². The van der Waals surface area contributed by atoms with Gasteiger partial charge in [0.1, 0.15) is 11.4 Å². The molecule has 1 atom stereocenters. The van der Waals surface area contributed by atoms with Crippen LogP contribution in [0.25, 0.3) is 0 Å². The molecule has 0 N–H and O–H groups in total. The van der Waals surface area contributed by atoms with Gasteiger partial charge >= 0.3 is 11.9 Å². The van der Waals surface area contributed by atoms with Gasteiger partial charge in [0.15, 0.2) is 0 Å². The highest BCUT2D eigenvalue weighted by molar-refractivity contribution is 5.78. The normalized spacial score (nSPS) is 12.6. The highest BCUT2D eigenvalue weighted by Gasteiger charge is 2.25. The van der Waals surface area contributed by atoms with Crippen molar-refractivity contribution in [2.45, 2.75) is 59.0 Å². The zero-order chi connectivity index (χ0) is 17.6. The summed E-state index contributed by atoms with van der Waals surface area (Å²) in [4.78, 5) is 23.5. The summed E-state index contributed by atoms with van der Waals surface area (Å²) >= 11 is 0. The van der Waals surface area contributed by atoms with Crippen LogP contribution in [0.1, 0.15) is 58.1 Å². The van der Waals surface area contributed by atoms with E-state index in [2.05, 4.69) is 0 Å². The van der Waals surface area contributed by atoms with Gasteiger partial charge in [-0.05, 0) is 46.6 Å². The number of carbonyl (C=O) groups is 2. The third kappa shape index (κ3) is 6.00. The SMILES string of the molecule is CCOC(=O)CCc1cccc(C(C)C(=O)OC(C)(C)C)c1F. The number of aryl methyl sites for hydroxylation is 1. The van der Waals surface area contributed by atoms with Gasteiger partial charge in [-0.15, -0.1) is 0 Å². The van der Waals surface area contributed by atoms with Gasteiger partial charge in [-0.25, -0.2) is 4.39 Å². The van der Waals surface area contributed by atoms with Crippen LogP contribution in [0.3, 0.4) is 0 Å². The largest absolute Gasteiger partial charge is 0.466 e. The highest BCUT2D eigenvalue weighted by Crippen LogP contribution is 2.25. The van der Waals surface area contributed by atoms with Crippen LogP contribution in [-0.4, -0.2) is 24.1 Å². The van der Waals surface area contributed by atoms with E-state index in [1.807, 2.05) is 0 Å². The molecule has 0 saturated heterocycles. The maximum atomic E-state index is 14.6. The van der Waals surface area contributed by atoms with Crippen LogP contribution in [0, 0.1) is 5.82 Å². The molecule has 0 heterocycles. The molecule has 0 aromatic heterocycles. The summed E-state index contributed by atoms with van der Waals surface area (Å²) in [5.41, 5.74) is 0.0511. The molecule has 0 amide bonds. The lowest BCUT2D eigenvalue weighted by Gasteiger charge is -2.23. The lowest BCUT2D eigenvalue weighted by Crippen LogP contribution is -2.27. The zero-order valence-electron chi connectivity index (χ0n) is 14.4. The van der Waals surface area contributed by atoms with E-state index in [4.69, 9.17) is 9.47 Å². The van der Waals surface area contributed by atoms with Crippen LogP contribution >= 0.6 is 0 Å². The minimum Gasteiger partial charge on any atom is -0.466 e. The smallest absolute Gasteiger partial charge is 0.313 e. The molecule has 1 aromatic carbocycles. The Kier molecular flexibility index (Phi) is 6.73. The summed E-state index contributed by atoms with van der Waals surface area (Å²) in [7, 11) is 0. The lowest BCUT2D eigenvalue weighted by atomic mass is 9.96. The lowest BCUT2D eigenvalue weighted by molar-refractivity contribution is -0.156. The van der Waals surface area contributed by atoms with Crippen LogP contribution in [-0.2, 0) is 25.5 Å². The van der Waals surface area contributed by atoms with Crippen LogP contribution in [0.2, 0.25) is 0 Å². The van der Waals surface area contributed by atoms with E-state index in [-0.39, 0.29) is 24.4 Å². The van der Waals surface area contributed by atoms with Gasteiger partial charge in [-0.3, -0.25) is 9.59 Å². The van der Waals surface area contributed by atoms with E-state index in [0.717, 1.165) is 0 Å². The van der Waals surface area contributed by atoms with Crippen LogP contribution < -0.4 is 0 Å². The number of halogens is 1. The molecule has 5 heteroatoms. The Morgan fingerprint density at radius 2 is 1.91 bits per heavy atom. The third-order valence-corrected chi connectivity index (χ3v) is 3.24. The molecule has 4 nitrogen and oxygen atoms in total. The van der Waals surface area contributed by atoms with Crippen LogP contribution in [0.5, 0.6) is 0 Å². The number of esters is 2. The molecular weight excluding hydrogens is 299 g/mol. The first-order valence-electron chi connectivity index (χ1n) is 7.81. The van der Waals surface area contributed by atoms with Crippen LogP contribution in [0.15, 0.2) is 18.2 Å². The fourth-order valence-corrected chi connectivity index (χ4v) is 2.11. The van der Waals surface area contributed by atoms with Gasteiger partial charge in [0.25, 0.3) is 0 Å². The van der Waals surface area contributed by atoms with E-state index in [1.165, 1.54) is 0 Å². The highest BCUT2D eigenvalue weighted by atomic mass is 19.1. The molecular formula is C18H25FO4. The van der Waals surface area contributed by atoms with Gasteiger partial charge in [0, 0.05) is 12.0 Å². The van der Waals surface area contributed by atoms with Crippen molar-refractivity contribution in [2.75, 3.05) is 6.61 Å². The number of hydrogen-bond acceptors (Lipinski definition) is 4. The van der Waals surface area contributed by atoms with E-state index in [1.54, 1.807) is 52.8 Å². The predicted molar refractivity (Wildman–Crippen MR) is 85.6 cm³/mol. The van der Waals surface area contributed by atoms with Gasteiger partial charge in [-0.2, -0.15) is 0 Å². The molecule has 0 aliphatic rings. The van der Waals surface area contributed by atoms with Crippen molar-refractivity contribution in [1.82, 2.24) is 0 Å². The monoisotopic (exact) mass is 324 g/mol. The molecule has 0 aliphatic carbocycles. The summed E-state index contributed by atoms with van der Waals surface area (Å²) in [6.45, 7) is 8.94. The average molecular weight is 324 g/mol. The summed E-state index contributed by atoms with van der Waals surface area (Å²) in [5, 5.41) is 0. The second-order valence-corrected chi connectivity index (χ2v) is 6.38. The predicted octanol–water partition coefficient (Wildman–Crippen LogP) is 3.77. The fraction of sp³-hybridized carbons (Fsp3) is 0.556. The number of rotatable bonds is 6. The first-order valence-corrected chi connectivity index (χ1v) is 7.81. The molecule has 0 spiro atoms. The average Bonchev–Trinajstić information content (AvgIpc) is 2.44. The van der Waals surface area contributed by atoms with E-state index >= 15 is 0 Å². The summed E-state index contributed by atoms with van der Waals surface area (Å²) in [6.07, 6.45) is 0.342. The Labute approximate surface area is 137 Å². The van der Waals surface area contributed by atoms with Gasteiger partial charge in [0.2, 0.25) is 0 Å². The maximum Gasteiger partial charge on any atom is 0.313 e. The van der Waals surface area contributed by atoms with E-state index in [0.29, 0.717) is 12.2 Å². The van der Waals surface area contributed by atoms with Gasteiger partial charge < -0.3 is 9.47 Å². The molecule has 0 bridgehead atoms. The van der Waals surface area contributed by atoms with Gasteiger partial charge in [-0.1, -0.05) is 18.2 Å². The molecule has 1 rings (SSSR count). The molecule has 0 aliphatic heterocycles. The topological polar surface area (TPSA) is 52.6 Å². The molecule has 1 aromatic rings. The Morgan fingerprint density at radius 1 is 1.26 bits per heavy atom. The molecule has 0 fully saturated rings. The maximum absolute atomic E-state index is 14.6. The fourth-order valence-electron chi connectivity index (χ4n) is 2.11. The minimum absolute atomic E-state index is 0.106. The first-order chi connectivity index (χ1) is 10.7. The molecule has 0 radical (unpaired) electrons. The van der Waals surface area contributed by atoms with Crippen molar-refractivity contribution in [1.29, 1.82) is 0 Å². The second-order valence-electron chi connectivity index (χ2n) is 6.38. The second kappa shape index (κ2) is 8.09. The summed E-state index contributed by atoms with van der Waals surface area (Å²) in [5.74, 6) is -2.01. The number of carbonyl (C=O) groups excluding carboxylic acids is 2. The molecule has 128 valence electrons. The van der Waals surface area contributed by atoms with E-state index in [9.17, 15) is 14.0 Å². The van der Waals surface area contributed by atoms with Crippen molar-refractivity contribution in [3.63, 3.8) is 0 Å². The van der Waals surface area contributed by atoms with Crippen molar-refractivity contribution >= 4 is 11.9 Å². The Morgan fingerprint density at radius 3 is 2.48 bits per heavy atom. The van der Waals surface area contributed by atoms with Gasteiger partial charge in [0.05, 0.1) is 12.5 Å². The summed E-state index contributed by atoms with van der Waals surface area (Å²) in [6, 6.07) is 4.86. The molecule has 0 saturated carbocycles. The number of ether oxygens (including phenoxy) is 2. The number of hydrogen-bond donors (Lipinski definition) is 0. The Balaban J connectivity index is 2.86. The summed E-state index contributed by atoms with van der Waals surface area (Å²) < 4.78 is 24.7. The first kappa shape index (κ1) is 19.1. The van der Waals surface area contributed by atoms with Crippen molar-refractivity contribution in [2.24, 2.45) is 0 Å². The Bertz CT molecular complexity index is 561. The Hall–Kier alpha value is -1.91. The van der Waals surface area contributed by atoms with Crippen molar-refractivity contribution in [3.8, 4) is 0 Å². The molecule has 23 heavy (non-hydrogen) atoms. The van der Waals surface area contributed by atoms with E-state index < -0.39 is 23.3 Å². The third-order valence-electron chi connectivity index (χ3n) is 3.24. The van der Waals surface area contributed by atoms with Crippen molar-refractivity contribution in [3.05, 3.63) is 35.1 Å². The number of benzene rings is 1. The standard InChI is InChI=1S/C18H25FO4/c1-6-22-15(20)11-10-13-8-7-9-14(16(13)19)12(2)17(21)23-18(3,4)5/h7-9,12H,6,10-11H2,1-5H3. The van der Waals surface area contributed by atoms with Crippen molar-refractivity contribution < 1.29 is 23.5 Å². The zero-order valence-corrected chi connectivity index (χ0v) is 14.4. The quantitative estimate of drug-likeness (QED) is 0.748. The minimum atomic E-state index is -0.711.